The second kappa shape index (κ2) is 8.98. The van der Waals surface area contributed by atoms with Crippen molar-refractivity contribution in [3.05, 3.63) is 82.5 Å². The zero-order chi connectivity index (χ0) is 27.9. The summed E-state index contributed by atoms with van der Waals surface area (Å²) in [5, 5.41) is 23.7. The summed E-state index contributed by atoms with van der Waals surface area (Å²) in [5.74, 6) is -0.0292. The fraction of sp³-hybridized carbons (Fsp3) is 0.500. The number of benzene rings is 1. The fourth-order valence-corrected chi connectivity index (χ4v) is 8.49. The van der Waals surface area contributed by atoms with E-state index in [1.807, 2.05) is 37.3 Å². The van der Waals surface area contributed by atoms with E-state index in [-0.39, 0.29) is 23.3 Å². The van der Waals surface area contributed by atoms with E-state index in [9.17, 15) is 15.0 Å². The van der Waals surface area contributed by atoms with Crippen molar-refractivity contribution < 1.29 is 28.8 Å². The van der Waals surface area contributed by atoms with Gasteiger partial charge in [0.15, 0.2) is 6.29 Å². The predicted molar refractivity (Wildman–Crippen MR) is 145 cm³/mol. The number of rotatable bonds is 2. The van der Waals surface area contributed by atoms with Gasteiger partial charge >= 0.3 is 5.63 Å². The van der Waals surface area contributed by atoms with Crippen LogP contribution >= 0.6 is 0 Å². The minimum Gasteiger partial charge on any atom is -0.484 e. The van der Waals surface area contributed by atoms with Crippen molar-refractivity contribution in [1.82, 2.24) is 4.98 Å². The molecule has 0 spiro atoms. The van der Waals surface area contributed by atoms with Gasteiger partial charge in [-0.05, 0) is 49.7 Å². The van der Waals surface area contributed by atoms with Crippen LogP contribution in [-0.2, 0) is 9.47 Å². The molecular formula is C32H35NO7. The Morgan fingerprint density at radius 2 is 1.82 bits per heavy atom. The highest BCUT2D eigenvalue weighted by atomic mass is 16.7. The highest BCUT2D eigenvalue weighted by Crippen LogP contribution is 2.68. The molecule has 0 amide bonds. The molecular weight excluding hydrogens is 510 g/mol. The molecule has 3 aromatic rings. The standard InChI is InChI=1S/C32H35NO7/c1-30-12-11-24-31(2,17-37-29(39-24)18-8-5-4-6-9-18)22(30)15-23(34)32(3)27(30)26(35)25-21(40-32)14-20(38-28(25)36)19-10-7-13-33-16-19/h4-10,13-14,16,22-24,26-27,29,34-35H,11-12,15,17H2,1-3H3/t22?,23-,24-,26?,27?,29+,30-,31-,32+/m0/s1. The Morgan fingerprint density at radius 1 is 1.02 bits per heavy atom. The summed E-state index contributed by atoms with van der Waals surface area (Å²) in [6.07, 6.45) is 2.69. The zero-order valence-electron chi connectivity index (χ0n) is 22.9. The third-order valence-corrected chi connectivity index (χ3v) is 10.5. The molecule has 2 aromatic heterocycles. The van der Waals surface area contributed by atoms with E-state index in [1.54, 1.807) is 30.6 Å². The summed E-state index contributed by atoms with van der Waals surface area (Å²) in [4.78, 5) is 17.4. The second-order valence-electron chi connectivity index (χ2n) is 12.7. The molecule has 210 valence electrons. The van der Waals surface area contributed by atoms with E-state index < -0.39 is 46.5 Å². The summed E-state index contributed by atoms with van der Waals surface area (Å²) >= 11 is 0. The Morgan fingerprint density at radius 3 is 2.58 bits per heavy atom. The molecule has 0 bridgehead atoms. The molecule has 1 aromatic carbocycles. The van der Waals surface area contributed by atoms with E-state index >= 15 is 0 Å². The monoisotopic (exact) mass is 545 g/mol. The lowest BCUT2D eigenvalue weighted by Crippen LogP contribution is -2.71. The third-order valence-electron chi connectivity index (χ3n) is 10.5. The average molecular weight is 546 g/mol. The molecule has 3 fully saturated rings. The lowest BCUT2D eigenvalue weighted by molar-refractivity contribution is -0.330. The van der Waals surface area contributed by atoms with Gasteiger partial charge in [-0.3, -0.25) is 4.98 Å². The molecule has 8 nitrogen and oxygen atoms in total. The molecule has 2 saturated carbocycles. The molecule has 2 aliphatic heterocycles. The SMILES string of the molecule is C[C@]12CC[C@@H]3O[C@H](c4ccccc4)OC[C@@]3(C)C1C[C@H](O)[C@@]1(C)Oc3cc(-c4cccnc4)oc(=O)c3C(O)C21. The number of pyridine rings is 1. The number of aliphatic hydroxyl groups is 2. The predicted octanol–water partition coefficient (Wildman–Crippen LogP) is 4.80. The van der Waals surface area contributed by atoms with E-state index in [2.05, 4.69) is 18.8 Å². The first kappa shape index (κ1) is 25.9. The van der Waals surface area contributed by atoms with Crippen molar-refractivity contribution in [2.75, 3.05) is 6.61 Å². The van der Waals surface area contributed by atoms with E-state index in [0.717, 1.165) is 18.4 Å². The van der Waals surface area contributed by atoms with Crippen LogP contribution < -0.4 is 10.4 Å². The molecule has 7 rings (SSSR count). The van der Waals surface area contributed by atoms with Crippen LogP contribution in [-0.4, -0.2) is 39.6 Å². The van der Waals surface area contributed by atoms with Crippen molar-refractivity contribution in [1.29, 1.82) is 0 Å². The van der Waals surface area contributed by atoms with Crippen LogP contribution in [0.3, 0.4) is 0 Å². The number of hydrogen-bond donors (Lipinski definition) is 2. The smallest absolute Gasteiger partial charge is 0.345 e. The molecule has 2 N–H and O–H groups in total. The number of nitrogens with zero attached hydrogens (tertiary/aromatic N) is 1. The maximum absolute atomic E-state index is 13.3. The quantitative estimate of drug-likeness (QED) is 0.472. The average Bonchev–Trinajstić information content (AvgIpc) is 2.94. The Labute approximate surface area is 232 Å². The highest BCUT2D eigenvalue weighted by molar-refractivity contribution is 5.59. The van der Waals surface area contributed by atoms with Crippen molar-refractivity contribution >= 4 is 0 Å². The van der Waals surface area contributed by atoms with Gasteiger partial charge in [0.25, 0.3) is 0 Å². The number of fused-ring (bicyclic) bond motifs is 6. The van der Waals surface area contributed by atoms with Crippen LogP contribution in [0.25, 0.3) is 11.3 Å². The van der Waals surface area contributed by atoms with Crippen LogP contribution in [0, 0.1) is 22.7 Å². The summed E-state index contributed by atoms with van der Waals surface area (Å²) in [5.41, 5.74) is -0.880. The molecule has 4 heterocycles. The van der Waals surface area contributed by atoms with Gasteiger partial charge in [-0.25, -0.2) is 4.79 Å². The largest absolute Gasteiger partial charge is 0.484 e. The van der Waals surface area contributed by atoms with Crippen molar-refractivity contribution in [2.45, 2.75) is 70.2 Å². The first-order chi connectivity index (χ1) is 19.1. The normalized spacial score (nSPS) is 40.1. The minimum atomic E-state index is -1.17. The zero-order valence-corrected chi connectivity index (χ0v) is 22.9. The van der Waals surface area contributed by atoms with Crippen molar-refractivity contribution in [2.24, 2.45) is 22.7 Å². The Bertz CT molecular complexity index is 1480. The van der Waals surface area contributed by atoms with E-state index in [4.69, 9.17) is 18.6 Å². The lowest BCUT2D eigenvalue weighted by atomic mass is 9.42. The van der Waals surface area contributed by atoms with Gasteiger partial charge in [0, 0.05) is 40.9 Å². The number of aliphatic hydroxyl groups excluding tert-OH is 2. The Hall–Kier alpha value is -3.04. The highest BCUT2D eigenvalue weighted by Gasteiger charge is 2.70. The number of aromatic nitrogens is 1. The fourth-order valence-electron chi connectivity index (χ4n) is 8.49. The van der Waals surface area contributed by atoms with Crippen LogP contribution in [0.1, 0.15) is 63.6 Å². The third kappa shape index (κ3) is 3.59. The van der Waals surface area contributed by atoms with Gasteiger partial charge in [0.1, 0.15) is 22.7 Å². The topological polar surface area (TPSA) is 111 Å². The molecule has 4 aliphatic rings. The van der Waals surface area contributed by atoms with Gasteiger partial charge in [0.05, 0.1) is 24.9 Å². The van der Waals surface area contributed by atoms with Gasteiger partial charge in [-0.2, -0.15) is 0 Å². The maximum Gasteiger partial charge on any atom is 0.345 e. The minimum absolute atomic E-state index is 0.0370. The van der Waals surface area contributed by atoms with Gasteiger partial charge in [-0.1, -0.05) is 44.2 Å². The molecule has 9 atom stereocenters. The van der Waals surface area contributed by atoms with Crippen molar-refractivity contribution in [3.8, 4) is 17.1 Å². The first-order valence-electron chi connectivity index (χ1n) is 14.1. The van der Waals surface area contributed by atoms with E-state index in [0.29, 0.717) is 24.4 Å². The summed E-state index contributed by atoms with van der Waals surface area (Å²) < 4.78 is 25.1. The van der Waals surface area contributed by atoms with E-state index in [1.165, 1.54) is 0 Å². The molecule has 3 unspecified atom stereocenters. The van der Waals surface area contributed by atoms with Gasteiger partial charge < -0.3 is 28.8 Å². The summed E-state index contributed by atoms with van der Waals surface area (Å²) in [7, 11) is 0. The Balaban J connectivity index is 1.26. The Kier molecular flexibility index (Phi) is 5.81. The first-order valence-corrected chi connectivity index (χ1v) is 14.1. The molecule has 2 aliphatic carbocycles. The van der Waals surface area contributed by atoms with Crippen molar-refractivity contribution in [3.63, 3.8) is 0 Å². The molecule has 8 heteroatoms. The summed E-state index contributed by atoms with van der Waals surface area (Å²) in [6, 6.07) is 15.1. The number of hydrogen-bond acceptors (Lipinski definition) is 8. The van der Waals surface area contributed by atoms with Crippen LogP contribution in [0.2, 0.25) is 0 Å². The number of ether oxygens (including phenoxy) is 3. The molecule has 40 heavy (non-hydrogen) atoms. The van der Waals surface area contributed by atoms with Crippen LogP contribution in [0.15, 0.2) is 70.1 Å². The van der Waals surface area contributed by atoms with Crippen LogP contribution in [0.5, 0.6) is 5.75 Å². The molecule has 1 saturated heterocycles. The molecule has 0 radical (unpaired) electrons. The maximum atomic E-state index is 13.3. The lowest BCUT2D eigenvalue weighted by Gasteiger charge is -2.67. The second-order valence-corrected chi connectivity index (χ2v) is 12.7. The summed E-state index contributed by atoms with van der Waals surface area (Å²) in [6.45, 7) is 6.68. The van der Waals surface area contributed by atoms with Gasteiger partial charge in [0.2, 0.25) is 0 Å². The van der Waals surface area contributed by atoms with Gasteiger partial charge in [-0.15, -0.1) is 0 Å². The van der Waals surface area contributed by atoms with Crippen LogP contribution in [0.4, 0.5) is 0 Å².